The third kappa shape index (κ3) is 6.80. The SMILES string of the molecule is C[C@H]1CNC[C@H](CCc2c(F)cccc2NC(=O)CC2(c3ccc(F)c(F)c3)CCOCC2)N1S(=O)(=O)c1ccccc1. The number of hydrogen-bond donors (Lipinski definition) is 2. The molecule has 0 aliphatic carbocycles. The fourth-order valence-electron chi connectivity index (χ4n) is 6.27. The molecule has 230 valence electrons. The van der Waals surface area contributed by atoms with E-state index in [9.17, 15) is 22.0 Å². The molecule has 0 aromatic heterocycles. The summed E-state index contributed by atoms with van der Waals surface area (Å²) in [5.74, 6) is -2.84. The Bertz CT molecular complexity index is 1550. The van der Waals surface area contributed by atoms with E-state index < -0.39 is 38.9 Å². The molecule has 0 bridgehead atoms. The number of nitrogens with zero attached hydrogens (tertiary/aromatic N) is 1. The van der Waals surface area contributed by atoms with Gasteiger partial charge in [-0.25, -0.2) is 21.6 Å². The van der Waals surface area contributed by atoms with Crippen molar-refractivity contribution in [1.29, 1.82) is 0 Å². The first-order valence-electron chi connectivity index (χ1n) is 14.5. The van der Waals surface area contributed by atoms with Crippen molar-refractivity contribution in [1.82, 2.24) is 9.62 Å². The molecule has 7 nitrogen and oxygen atoms in total. The van der Waals surface area contributed by atoms with Crippen LogP contribution < -0.4 is 10.6 Å². The van der Waals surface area contributed by atoms with Crippen molar-refractivity contribution in [3.8, 4) is 0 Å². The van der Waals surface area contributed by atoms with E-state index in [0.717, 1.165) is 12.1 Å². The first-order valence-corrected chi connectivity index (χ1v) is 15.9. The lowest BCUT2D eigenvalue weighted by Gasteiger charge is -2.40. The average molecular weight is 616 g/mol. The van der Waals surface area contributed by atoms with Crippen LogP contribution in [-0.4, -0.2) is 57.0 Å². The van der Waals surface area contributed by atoms with Gasteiger partial charge in [0.15, 0.2) is 11.6 Å². The summed E-state index contributed by atoms with van der Waals surface area (Å²) in [6.07, 6.45) is 1.37. The molecular formula is C32H36F3N3O4S. The minimum Gasteiger partial charge on any atom is -0.381 e. The second-order valence-corrected chi connectivity index (χ2v) is 13.2. The molecule has 2 aliphatic heterocycles. The van der Waals surface area contributed by atoms with Gasteiger partial charge in [0.1, 0.15) is 5.82 Å². The molecule has 2 N–H and O–H groups in total. The molecule has 3 aromatic carbocycles. The van der Waals surface area contributed by atoms with Gasteiger partial charge in [-0.3, -0.25) is 4.79 Å². The van der Waals surface area contributed by atoms with Crippen LogP contribution in [-0.2, 0) is 31.4 Å². The molecule has 1 amide bonds. The predicted octanol–water partition coefficient (Wildman–Crippen LogP) is 5.16. The van der Waals surface area contributed by atoms with E-state index in [-0.39, 0.29) is 35.2 Å². The predicted molar refractivity (Wildman–Crippen MR) is 158 cm³/mol. The molecule has 2 aliphatic rings. The molecular weight excluding hydrogens is 579 g/mol. The summed E-state index contributed by atoms with van der Waals surface area (Å²) in [5.41, 5.74) is 0.329. The van der Waals surface area contributed by atoms with E-state index in [4.69, 9.17) is 4.74 Å². The van der Waals surface area contributed by atoms with E-state index >= 15 is 4.39 Å². The van der Waals surface area contributed by atoms with Crippen molar-refractivity contribution in [2.75, 3.05) is 31.6 Å². The zero-order valence-corrected chi connectivity index (χ0v) is 24.8. The molecule has 0 spiro atoms. The molecule has 2 fully saturated rings. The summed E-state index contributed by atoms with van der Waals surface area (Å²) in [6.45, 7) is 3.48. The molecule has 11 heteroatoms. The summed E-state index contributed by atoms with van der Waals surface area (Å²) in [6, 6.07) is 15.6. The van der Waals surface area contributed by atoms with Crippen LogP contribution in [0.3, 0.4) is 0 Å². The highest BCUT2D eigenvalue weighted by atomic mass is 32.2. The second kappa shape index (κ2) is 13.2. The van der Waals surface area contributed by atoms with Crippen molar-refractivity contribution in [3.63, 3.8) is 0 Å². The van der Waals surface area contributed by atoms with Gasteiger partial charge in [-0.05, 0) is 74.6 Å². The zero-order valence-electron chi connectivity index (χ0n) is 24.0. The van der Waals surface area contributed by atoms with Gasteiger partial charge in [-0.2, -0.15) is 4.31 Å². The third-order valence-corrected chi connectivity index (χ3v) is 10.6. The van der Waals surface area contributed by atoms with E-state index in [2.05, 4.69) is 10.6 Å². The summed E-state index contributed by atoms with van der Waals surface area (Å²) in [7, 11) is -3.79. The van der Waals surface area contributed by atoms with Crippen LogP contribution in [0.15, 0.2) is 71.6 Å². The molecule has 3 aromatic rings. The van der Waals surface area contributed by atoms with Crippen LogP contribution in [0.4, 0.5) is 18.9 Å². The number of halogens is 3. The number of carbonyl (C=O) groups is 1. The highest BCUT2D eigenvalue weighted by Gasteiger charge is 2.39. The van der Waals surface area contributed by atoms with Crippen LogP contribution in [0.25, 0.3) is 0 Å². The molecule has 0 unspecified atom stereocenters. The first-order chi connectivity index (χ1) is 20.6. The van der Waals surface area contributed by atoms with Crippen LogP contribution in [0, 0.1) is 17.5 Å². The van der Waals surface area contributed by atoms with Gasteiger partial charge in [0.2, 0.25) is 15.9 Å². The van der Waals surface area contributed by atoms with Crippen molar-refractivity contribution in [3.05, 3.63) is 95.3 Å². The quantitative estimate of drug-likeness (QED) is 0.347. The Labute approximate surface area is 250 Å². The fraction of sp³-hybridized carbons (Fsp3) is 0.406. The maximum absolute atomic E-state index is 15.2. The molecule has 2 heterocycles. The summed E-state index contributed by atoms with van der Waals surface area (Å²) in [5, 5.41) is 6.13. The lowest BCUT2D eigenvalue weighted by atomic mass is 9.71. The first kappa shape index (κ1) is 31.2. The van der Waals surface area contributed by atoms with Gasteiger partial charge in [-0.15, -0.1) is 0 Å². The Balaban J connectivity index is 1.34. The lowest BCUT2D eigenvalue weighted by molar-refractivity contribution is -0.118. The highest BCUT2D eigenvalue weighted by Crippen LogP contribution is 2.39. The molecule has 5 rings (SSSR count). The molecule has 0 radical (unpaired) electrons. The maximum atomic E-state index is 15.2. The minimum atomic E-state index is -3.79. The normalized spacial score (nSPS) is 20.9. The van der Waals surface area contributed by atoms with E-state index in [0.29, 0.717) is 56.8 Å². The van der Waals surface area contributed by atoms with E-state index in [1.807, 2.05) is 6.92 Å². The van der Waals surface area contributed by atoms with E-state index in [1.165, 1.54) is 22.5 Å². The second-order valence-electron chi connectivity index (χ2n) is 11.4. The minimum absolute atomic E-state index is 0.0233. The van der Waals surface area contributed by atoms with Gasteiger partial charge < -0.3 is 15.4 Å². The molecule has 0 saturated carbocycles. The van der Waals surface area contributed by atoms with Gasteiger partial charge in [0.25, 0.3) is 0 Å². The Hall–Kier alpha value is -3.25. The number of nitrogens with one attached hydrogen (secondary N) is 2. The largest absolute Gasteiger partial charge is 0.381 e. The van der Waals surface area contributed by atoms with Gasteiger partial charge in [-0.1, -0.05) is 30.3 Å². The van der Waals surface area contributed by atoms with Crippen LogP contribution in [0.5, 0.6) is 0 Å². The monoisotopic (exact) mass is 615 g/mol. The maximum Gasteiger partial charge on any atom is 0.243 e. The molecule has 43 heavy (non-hydrogen) atoms. The van der Waals surface area contributed by atoms with Gasteiger partial charge in [0, 0.05) is 61.5 Å². The number of amides is 1. The fourth-order valence-corrected chi connectivity index (χ4v) is 8.14. The third-order valence-electron chi connectivity index (χ3n) is 8.53. The zero-order chi connectivity index (χ0) is 30.6. The number of ether oxygens (including phenoxy) is 1. The van der Waals surface area contributed by atoms with Crippen LogP contribution >= 0.6 is 0 Å². The summed E-state index contributed by atoms with van der Waals surface area (Å²) < 4.78 is 77.2. The molecule has 2 atom stereocenters. The van der Waals surface area contributed by atoms with E-state index in [1.54, 1.807) is 36.4 Å². The smallest absolute Gasteiger partial charge is 0.243 e. The number of benzene rings is 3. The van der Waals surface area contributed by atoms with Crippen molar-refractivity contribution >= 4 is 21.6 Å². The van der Waals surface area contributed by atoms with Crippen LogP contribution in [0.2, 0.25) is 0 Å². The number of carbonyl (C=O) groups excluding carboxylic acids is 1. The Kier molecular flexibility index (Phi) is 9.55. The highest BCUT2D eigenvalue weighted by molar-refractivity contribution is 7.89. The number of sulfonamides is 1. The lowest BCUT2D eigenvalue weighted by Crippen LogP contribution is -2.58. The van der Waals surface area contributed by atoms with Crippen molar-refractivity contribution in [2.24, 2.45) is 0 Å². The number of hydrogen-bond acceptors (Lipinski definition) is 5. The standard InChI is InChI=1S/C32H36F3N3O4S/c1-22-20-36-21-24(38(22)43(40,41)25-6-3-2-4-7-25)11-12-26-27(33)8-5-9-30(26)37-31(39)19-32(14-16-42-17-15-32)23-10-13-28(34)29(35)18-23/h2-10,13,18,22,24,36H,11-12,14-17,19-21H2,1H3,(H,37,39)/t22-,24-/m0/s1. The molecule has 2 saturated heterocycles. The van der Waals surface area contributed by atoms with Crippen LogP contribution in [0.1, 0.15) is 43.7 Å². The summed E-state index contributed by atoms with van der Waals surface area (Å²) >= 11 is 0. The Morgan fingerprint density at radius 1 is 0.977 bits per heavy atom. The average Bonchev–Trinajstić information content (AvgIpc) is 2.99. The Morgan fingerprint density at radius 2 is 1.72 bits per heavy atom. The number of anilines is 1. The number of piperazine rings is 1. The topological polar surface area (TPSA) is 87.7 Å². The Morgan fingerprint density at radius 3 is 2.44 bits per heavy atom. The van der Waals surface area contributed by atoms with Gasteiger partial charge in [0.05, 0.1) is 4.90 Å². The number of rotatable bonds is 9. The van der Waals surface area contributed by atoms with Crippen molar-refractivity contribution in [2.45, 2.75) is 61.4 Å². The van der Waals surface area contributed by atoms with Gasteiger partial charge >= 0.3 is 0 Å². The summed E-state index contributed by atoms with van der Waals surface area (Å²) in [4.78, 5) is 13.6. The van der Waals surface area contributed by atoms with Crippen molar-refractivity contribution < 1.29 is 31.1 Å².